The number of fused-ring (bicyclic) bond motifs is 3. The van der Waals surface area contributed by atoms with Crippen LogP contribution in [0.2, 0.25) is 0 Å². The lowest BCUT2D eigenvalue weighted by molar-refractivity contribution is -0.137. The van der Waals surface area contributed by atoms with Crippen molar-refractivity contribution in [1.82, 2.24) is 0 Å². The molecule has 0 unspecified atom stereocenters. The minimum atomic E-state index is -1.11. The quantitative estimate of drug-likeness (QED) is 0.331. The third kappa shape index (κ3) is 3.99. The summed E-state index contributed by atoms with van der Waals surface area (Å²) in [7, 11) is 1.21. The molecule has 0 aliphatic heterocycles. The van der Waals surface area contributed by atoms with Crippen molar-refractivity contribution in [3.8, 4) is 0 Å². The maximum atomic E-state index is 11.6. The lowest BCUT2D eigenvalue weighted by atomic mass is 10.3. The predicted molar refractivity (Wildman–Crippen MR) is 109 cm³/mol. The molecular formula is C17H12N2O6S3. The van der Waals surface area contributed by atoms with Gasteiger partial charge in [-0.25, -0.2) is 4.85 Å². The molecule has 0 saturated carbocycles. The van der Waals surface area contributed by atoms with Crippen LogP contribution in [0, 0.1) is 6.57 Å². The van der Waals surface area contributed by atoms with E-state index in [1.54, 1.807) is 6.07 Å². The topological polar surface area (TPSA) is 109 Å². The molecule has 0 amide bonds. The molecule has 0 spiro atoms. The third-order valence-corrected chi connectivity index (χ3v) is 7.37. The zero-order chi connectivity index (χ0) is 20.4. The smallest absolute Gasteiger partial charge is 0.336 e. The number of anilines is 1. The predicted octanol–water partition coefficient (Wildman–Crippen LogP) is 3.59. The van der Waals surface area contributed by atoms with Gasteiger partial charge in [0.05, 0.1) is 28.1 Å². The summed E-state index contributed by atoms with van der Waals surface area (Å²) >= 11 is 4.21. The fraction of sp³-hybridized carbons (Fsp3) is 0.176. The number of carboxylic acid groups (broad SMARTS) is 2. The fourth-order valence-corrected chi connectivity index (χ4v) is 6.45. The second-order valence-corrected chi connectivity index (χ2v) is 8.70. The first-order valence-electron chi connectivity index (χ1n) is 7.64. The highest BCUT2D eigenvalue weighted by Crippen LogP contribution is 2.46. The van der Waals surface area contributed by atoms with E-state index >= 15 is 0 Å². The molecule has 3 rings (SSSR count). The maximum Gasteiger partial charge on any atom is 0.336 e. The second-order valence-electron chi connectivity index (χ2n) is 5.50. The van der Waals surface area contributed by atoms with Gasteiger partial charge < -0.3 is 19.8 Å². The number of ether oxygens (including phenoxy) is 1. The number of esters is 1. The Kier molecular flexibility index (Phi) is 5.64. The van der Waals surface area contributed by atoms with Gasteiger partial charge in [-0.3, -0.25) is 14.4 Å². The minimum absolute atomic E-state index is 0.117. The van der Waals surface area contributed by atoms with Crippen molar-refractivity contribution in [3.63, 3.8) is 0 Å². The summed E-state index contributed by atoms with van der Waals surface area (Å²) in [5, 5.41) is 18.6. The number of carbonyl (C=O) groups excluding carboxylic acids is 1. The van der Waals surface area contributed by atoms with Gasteiger partial charge in [0.1, 0.15) is 13.1 Å². The van der Waals surface area contributed by atoms with Crippen LogP contribution < -0.4 is 4.90 Å². The van der Waals surface area contributed by atoms with Gasteiger partial charge >= 0.3 is 17.9 Å². The number of carbonyl (C=O) groups is 3. The SMILES string of the molecule is [C-]#[N+]/C(=C\c1cc2sc3cc(N(CC(=O)O)CC(=O)O)sc3c2s1)C(=O)OC. The van der Waals surface area contributed by atoms with E-state index in [1.165, 1.54) is 52.1 Å². The lowest BCUT2D eigenvalue weighted by Crippen LogP contribution is -2.33. The molecule has 28 heavy (non-hydrogen) atoms. The number of carboxylic acids is 2. The number of hydrogen-bond donors (Lipinski definition) is 2. The Morgan fingerprint density at radius 3 is 2.29 bits per heavy atom. The number of aliphatic carboxylic acids is 2. The van der Waals surface area contributed by atoms with Gasteiger partial charge in [-0.15, -0.1) is 34.0 Å². The summed E-state index contributed by atoms with van der Waals surface area (Å²) in [4.78, 5) is 38.9. The normalized spacial score (nSPS) is 11.5. The van der Waals surface area contributed by atoms with Gasteiger partial charge in [-0.2, -0.15) is 0 Å². The van der Waals surface area contributed by atoms with Crippen molar-refractivity contribution in [1.29, 1.82) is 0 Å². The molecule has 0 bridgehead atoms. The molecular weight excluding hydrogens is 424 g/mol. The largest absolute Gasteiger partial charge is 0.480 e. The Morgan fingerprint density at radius 1 is 1.11 bits per heavy atom. The number of rotatable bonds is 7. The summed E-state index contributed by atoms with van der Waals surface area (Å²) < 4.78 is 8.35. The van der Waals surface area contributed by atoms with Crippen molar-refractivity contribution in [2.75, 3.05) is 25.1 Å². The molecule has 0 aliphatic carbocycles. The van der Waals surface area contributed by atoms with Crippen LogP contribution in [-0.2, 0) is 19.1 Å². The van der Waals surface area contributed by atoms with E-state index in [0.29, 0.717) is 5.00 Å². The number of thiophene rings is 3. The van der Waals surface area contributed by atoms with Crippen molar-refractivity contribution >= 4 is 81.8 Å². The summed E-state index contributed by atoms with van der Waals surface area (Å²) in [5.41, 5.74) is -0.117. The van der Waals surface area contributed by atoms with Crippen molar-refractivity contribution in [2.24, 2.45) is 0 Å². The third-order valence-electron chi connectivity index (χ3n) is 3.59. The van der Waals surface area contributed by atoms with Crippen LogP contribution in [0.5, 0.6) is 0 Å². The Hall–Kier alpha value is -2.94. The number of nitrogens with zero attached hydrogens (tertiary/aromatic N) is 2. The van der Waals surface area contributed by atoms with E-state index in [4.69, 9.17) is 16.8 Å². The highest BCUT2D eigenvalue weighted by atomic mass is 32.1. The zero-order valence-electron chi connectivity index (χ0n) is 14.3. The van der Waals surface area contributed by atoms with E-state index in [1.807, 2.05) is 6.07 Å². The Morgan fingerprint density at radius 2 is 1.71 bits per heavy atom. The molecule has 0 atom stereocenters. The van der Waals surface area contributed by atoms with E-state index in [2.05, 4.69) is 9.58 Å². The first kappa shape index (κ1) is 19.8. The minimum Gasteiger partial charge on any atom is -0.480 e. The van der Waals surface area contributed by atoms with Crippen molar-refractivity contribution in [3.05, 3.63) is 34.1 Å². The standard InChI is InChI=1S/C17H12N2O6S3/c1-18-9(17(24)25-2)3-8-4-10-15(26-8)16-11(27-10)5-12(28-16)19(6-13(20)21)7-14(22)23/h3-5H,6-7H2,2H3,(H,20,21)(H,22,23)/b9-3-. The first-order chi connectivity index (χ1) is 13.3. The summed E-state index contributed by atoms with van der Waals surface area (Å²) in [5.74, 6) is -2.92. The molecule has 144 valence electrons. The van der Waals surface area contributed by atoms with Crippen LogP contribution in [0.15, 0.2) is 17.8 Å². The number of hydrogen-bond acceptors (Lipinski definition) is 8. The molecule has 11 heteroatoms. The van der Waals surface area contributed by atoms with Crippen LogP contribution in [0.1, 0.15) is 4.88 Å². The summed E-state index contributed by atoms with van der Waals surface area (Å²) in [6.07, 6.45) is 1.47. The number of methoxy groups -OCH3 is 1. The van der Waals surface area contributed by atoms with Crippen LogP contribution in [0.3, 0.4) is 0 Å². The van der Waals surface area contributed by atoms with Gasteiger partial charge in [0, 0.05) is 14.3 Å². The van der Waals surface area contributed by atoms with Crippen molar-refractivity contribution in [2.45, 2.75) is 0 Å². The van der Waals surface area contributed by atoms with E-state index in [-0.39, 0.29) is 5.70 Å². The molecule has 3 aromatic heterocycles. The Labute approximate surface area is 170 Å². The average Bonchev–Trinajstić information content (AvgIpc) is 3.27. The lowest BCUT2D eigenvalue weighted by Gasteiger charge is -2.17. The first-order valence-corrected chi connectivity index (χ1v) is 10.1. The van der Waals surface area contributed by atoms with Gasteiger partial charge in [-0.05, 0) is 18.2 Å². The summed E-state index contributed by atoms with van der Waals surface area (Å²) in [6, 6.07) is 3.66. The monoisotopic (exact) mass is 436 g/mol. The highest BCUT2D eigenvalue weighted by molar-refractivity contribution is 7.39. The molecule has 0 aromatic carbocycles. The van der Waals surface area contributed by atoms with E-state index in [0.717, 1.165) is 23.7 Å². The fourth-order valence-electron chi connectivity index (χ4n) is 2.48. The van der Waals surface area contributed by atoms with Crippen molar-refractivity contribution < 1.29 is 29.3 Å². The molecule has 3 heterocycles. The van der Waals surface area contributed by atoms with Crippen LogP contribution in [0.4, 0.5) is 5.00 Å². The van der Waals surface area contributed by atoms with E-state index in [9.17, 15) is 14.4 Å². The molecule has 0 aliphatic rings. The highest BCUT2D eigenvalue weighted by Gasteiger charge is 2.20. The second kappa shape index (κ2) is 7.97. The van der Waals surface area contributed by atoms with Gasteiger partial charge in [0.2, 0.25) is 0 Å². The molecule has 0 saturated heterocycles. The van der Waals surface area contributed by atoms with Gasteiger partial charge in [0.25, 0.3) is 5.70 Å². The van der Waals surface area contributed by atoms with Crippen LogP contribution in [0.25, 0.3) is 29.7 Å². The average molecular weight is 436 g/mol. The van der Waals surface area contributed by atoms with Gasteiger partial charge in [-0.1, -0.05) is 0 Å². The zero-order valence-corrected chi connectivity index (χ0v) is 16.7. The van der Waals surface area contributed by atoms with Crippen LogP contribution >= 0.6 is 34.0 Å². The molecule has 3 aromatic rings. The molecule has 2 N–H and O–H groups in total. The Bertz CT molecular complexity index is 1150. The van der Waals surface area contributed by atoms with E-state index < -0.39 is 31.0 Å². The van der Waals surface area contributed by atoms with Crippen LogP contribution in [-0.4, -0.2) is 48.3 Å². The molecule has 8 nitrogen and oxygen atoms in total. The molecule has 0 fully saturated rings. The summed E-state index contributed by atoms with van der Waals surface area (Å²) in [6.45, 7) is 6.28. The van der Waals surface area contributed by atoms with Gasteiger partial charge in [0.15, 0.2) is 0 Å². The maximum absolute atomic E-state index is 11.6. The molecule has 0 radical (unpaired) electrons. The Balaban J connectivity index is 2.01.